The van der Waals surface area contributed by atoms with Gasteiger partial charge in [0.1, 0.15) is 0 Å². The first kappa shape index (κ1) is 10.9. The van der Waals surface area contributed by atoms with Gasteiger partial charge < -0.3 is 4.74 Å². The van der Waals surface area contributed by atoms with Crippen LogP contribution in [0.4, 0.5) is 0 Å². The van der Waals surface area contributed by atoms with Gasteiger partial charge >= 0.3 is 0 Å². The van der Waals surface area contributed by atoms with E-state index >= 15 is 0 Å². The number of aromatic nitrogens is 6. The lowest BCUT2D eigenvalue weighted by Gasteiger charge is -1.98. The Kier molecular flexibility index (Phi) is 2.77. The summed E-state index contributed by atoms with van der Waals surface area (Å²) in [6, 6.07) is 3.47. The maximum atomic E-state index is 5.03. The summed E-state index contributed by atoms with van der Waals surface area (Å²) in [6.45, 7) is 0. The van der Waals surface area contributed by atoms with E-state index in [1.807, 2.05) is 0 Å². The number of rotatable bonds is 3. The fourth-order valence-electron chi connectivity index (χ4n) is 1.33. The molecule has 18 heavy (non-hydrogen) atoms. The molecule has 0 saturated heterocycles. The molecule has 3 rings (SSSR count). The first-order valence-corrected chi connectivity index (χ1v) is 5.89. The number of hydrogen-bond donors (Lipinski definition) is 0. The summed E-state index contributed by atoms with van der Waals surface area (Å²) < 4.78 is 6.63. The lowest BCUT2D eigenvalue weighted by Crippen LogP contribution is -1.91. The van der Waals surface area contributed by atoms with Gasteiger partial charge in [0.15, 0.2) is 5.16 Å². The normalized spacial score (nSPS) is 10.7. The smallest absolute Gasteiger partial charge is 0.253 e. The van der Waals surface area contributed by atoms with Crippen LogP contribution in [0.25, 0.3) is 5.78 Å². The number of fused-ring (bicyclic) bond motifs is 1. The molecule has 3 aromatic heterocycles. The summed E-state index contributed by atoms with van der Waals surface area (Å²) in [6.07, 6.45) is 5.08. The van der Waals surface area contributed by atoms with Crippen LogP contribution < -0.4 is 4.74 Å². The largest absolute Gasteiger partial charge is 0.481 e. The van der Waals surface area contributed by atoms with Crippen LogP contribution in [0.2, 0.25) is 0 Å². The lowest BCUT2D eigenvalue weighted by molar-refractivity contribution is 0.392. The van der Waals surface area contributed by atoms with Crippen LogP contribution in [0.5, 0.6) is 5.88 Å². The molecule has 0 fully saturated rings. The molecule has 0 N–H and O–H groups in total. The highest BCUT2D eigenvalue weighted by molar-refractivity contribution is 7.99. The third-order valence-corrected chi connectivity index (χ3v) is 2.83. The molecule has 3 heterocycles. The molecular weight excluding hydrogens is 252 g/mol. The van der Waals surface area contributed by atoms with Crippen molar-refractivity contribution in [3.8, 4) is 5.88 Å². The van der Waals surface area contributed by atoms with E-state index < -0.39 is 0 Å². The van der Waals surface area contributed by atoms with Gasteiger partial charge in [-0.1, -0.05) is 0 Å². The second-order valence-electron chi connectivity index (χ2n) is 3.24. The molecule has 0 amide bonds. The van der Waals surface area contributed by atoms with Crippen LogP contribution in [-0.4, -0.2) is 36.7 Å². The Hall–Kier alpha value is -2.22. The molecule has 0 saturated carbocycles. The number of nitrogens with zero attached hydrogens (tertiary/aromatic N) is 6. The fourth-order valence-corrected chi connectivity index (χ4v) is 2.00. The zero-order valence-corrected chi connectivity index (χ0v) is 10.2. The van der Waals surface area contributed by atoms with E-state index in [1.54, 1.807) is 42.3 Å². The van der Waals surface area contributed by atoms with E-state index in [4.69, 9.17) is 4.74 Å². The summed E-state index contributed by atoms with van der Waals surface area (Å²) >= 11 is 1.26. The molecule has 0 aliphatic carbocycles. The molecule has 90 valence electrons. The number of methoxy groups -OCH3 is 1. The van der Waals surface area contributed by atoms with Crippen molar-refractivity contribution in [1.29, 1.82) is 0 Å². The fraction of sp³-hybridized carbons (Fsp3) is 0.100. The van der Waals surface area contributed by atoms with Crippen molar-refractivity contribution in [3.63, 3.8) is 0 Å². The van der Waals surface area contributed by atoms with E-state index in [9.17, 15) is 0 Å². The van der Waals surface area contributed by atoms with Crippen LogP contribution in [0.3, 0.4) is 0 Å². The first-order valence-electron chi connectivity index (χ1n) is 5.07. The second kappa shape index (κ2) is 4.57. The van der Waals surface area contributed by atoms with Gasteiger partial charge in [-0.3, -0.25) is 0 Å². The third kappa shape index (κ3) is 2.09. The lowest BCUT2D eigenvalue weighted by atomic mass is 10.6. The minimum absolute atomic E-state index is 0.509. The van der Waals surface area contributed by atoms with Crippen molar-refractivity contribution < 1.29 is 4.74 Å². The van der Waals surface area contributed by atoms with Gasteiger partial charge in [-0.2, -0.15) is 9.97 Å². The highest BCUT2D eigenvalue weighted by atomic mass is 32.2. The van der Waals surface area contributed by atoms with Crippen LogP contribution in [0.15, 0.2) is 41.0 Å². The summed E-state index contributed by atoms with van der Waals surface area (Å²) in [7, 11) is 1.56. The maximum absolute atomic E-state index is 5.03. The molecule has 7 nitrogen and oxygen atoms in total. The summed E-state index contributed by atoms with van der Waals surface area (Å²) in [5.41, 5.74) is 0. The molecule has 0 bridgehead atoms. The third-order valence-electron chi connectivity index (χ3n) is 2.10. The predicted molar refractivity (Wildman–Crippen MR) is 63.5 cm³/mol. The van der Waals surface area contributed by atoms with E-state index in [-0.39, 0.29) is 0 Å². The van der Waals surface area contributed by atoms with Gasteiger partial charge in [-0.25, -0.2) is 14.5 Å². The Bertz CT molecular complexity index is 652. The molecule has 0 radical (unpaired) electrons. The van der Waals surface area contributed by atoms with Gasteiger partial charge in [0, 0.05) is 24.7 Å². The monoisotopic (exact) mass is 260 g/mol. The quantitative estimate of drug-likeness (QED) is 0.652. The van der Waals surface area contributed by atoms with Gasteiger partial charge in [0.2, 0.25) is 11.0 Å². The van der Waals surface area contributed by atoms with Crippen molar-refractivity contribution in [2.45, 2.75) is 10.3 Å². The van der Waals surface area contributed by atoms with E-state index in [0.29, 0.717) is 22.0 Å². The standard InChI is InChI=1S/C10H8N6OS/c1-17-7-3-5-12-9(13-7)18-10-14-8-11-4-2-6-16(8)15-10/h2-6H,1H3. The molecule has 0 aliphatic rings. The Morgan fingerprint density at radius 3 is 2.94 bits per heavy atom. The molecular formula is C10H8N6OS. The summed E-state index contributed by atoms with van der Waals surface area (Å²) in [5.74, 6) is 1.05. The van der Waals surface area contributed by atoms with Crippen molar-refractivity contribution in [3.05, 3.63) is 30.7 Å². The SMILES string of the molecule is COc1ccnc(Sc2nc3ncccn3n2)n1. The predicted octanol–water partition coefficient (Wildman–Crippen LogP) is 1.07. The minimum Gasteiger partial charge on any atom is -0.481 e. The van der Waals surface area contributed by atoms with Crippen LogP contribution >= 0.6 is 11.8 Å². The zero-order valence-electron chi connectivity index (χ0n) is 9.39. The Morgan fingerprint density at radius 1 is 1.17 bits per heavy atom. The second-order valence-corrected chi connectivity index (χ2v) is 4.18. The molecule has 0 atom stereocenters. The molecule has 0 unspecified atom stereocenters. The van der Waals surface area contributed by atoms with Crippen molar-refractivity contribution in [2.75, 3.05) is 7.11 Å². The summed E-state index contributed by atoms with van der Waals surface area (Å²) in [4.78, 5) is 16.6. The van der Waals surface area contributed by atoms with E-state index in [2.05, 4.69) is 25.0 Å². The molecule has 3 aromatic rings. The van der Waals surface area contributed by atoms with E-state index in [1.165, 1.54) is 11.8 Å². The Morgan fingerprint density at radius 2 is 2.11 bits per heavy atom. The summed E-state index contributed by atoms with van der Waals surface area (Å²) in [5, 5.41) is 5.32. The van der Waals surface area contributed by atoms with Gasteiger partial charge in [-0.05, 0) is 17.8 Å². The number of ether oxygens (including phenoxy) is 1. The van der Waals surface area contributed by atoms with Gasteiger partial charge in [-0.15, -0.1) is 5.10 Å². The Balaban J connectivity index is 1.91. The average molecular weight is 260 g/mol. The van der Waals surface area contributed by atoms with Crippen molar-refractivity contribution >= 4 is 17.5 Å². The van der Waals surface area contributed by atoms with Gasteiger partial charge in [0.25, 0.3) is 5.78 Å². The zero-order chi connectivity index (χ0) is 12.4. The van der Waals surface area contributed by atoms with Crippen LogP contribution in [-0.2, 0) is 0 Å². The number of hydrogen-bond acceptors (Lipinski definition) is 7. The topological polar surface area (TPSA) is 78.1 Å². The van der Waals surface area contributed by atoms with Crippen molar-refractivity contribution in [2.24, 2.45) is 0 Å². The van der Waals surface area contributed by atoms with Crippen LogP contribution in [0, 0.1) is 0 Å². The molecule has 0 aliphatic heterocycles. The highest BCUT2D eigenvalue weighted by Crippen LogP contribution is 2.22. The molecule has 8 heteroatoms. The van der Waals surface area contributed by atoms with Crippen molar-refractivity contribution in [1.82, 2.24) is 29.5 Å². The highest BCUT2D eigenvalue weighted by Gasteiger charge is 2.08. The average Bonchev–Trinajstić information content (AvgIpc) is 2.81. The van der Waals surface area contributed by atoms with Gasteiger partial charge in [0.05, 0.1) is 7.11 Å². The van der Waals surface area contributed by atoms with Crippen LogP contribution in [0.1, 0.15) is 0 Å². The molecule has 0 spiro atoms. The Labute approximate surface area is 106 Å². The van der Waals surface area contributed by atoms with E-state index in [0.717, 1.165) is 0 Å². The minimum atomic E-state index is 0.509. The first-order chi connectivity index (χ1) is 8.85. The molecule has 0 aromatic carbocycles. The maximum Gasteiger partial charge on any atom is 0.253 e.